The van der Waals surface area contributed by atoms with Crippen molar-refractivity contribution >= 4 is 17.6 Å². The van der Waals surface area contributed by atoms with Crippen LogP contribution >= 0.6 is 0 Å². The first kappa shape index (κ1) is 17.1. The van der Waals surface area contributed by atoms with Gasteiger partial charge in [-0.1, -0.05) is 0 Å². The van der Waals surface area contributed by atoms with Crippen LogP contribution in [-0.4, -0.2) is 42.8 Å². The number of fused-ring (bicyclic) bond motifs is 1. The van der Waals surface area contributed by atoms with E-state index in [1.807, 2.05) is 6.92 Å². The fraction of sp³-hybridized carbons (Fsp3) is 0.500. The Kier molecular flexibility index (Phi) is 4.79. The average Bonchev–Trinajstić information content (AvgIpc) is 2.52. The zero-order valence-corrected chi connectivity index (χ0v) is 13.7. The molecule has 23 heavy (non-hydrogen) atoms. The summed E-state index contributed by atoms with van der Waals surface area (Å²) in [6, 6.07) is 3.26. The molecule has 1 aliphatic rings. The number of aliphatic hydroxyl groups excluding tert-OH is 1. The topological polar surface area (TPSA) is 85.3 Å². The van der Waals surface area contributed by atoms with Crippen molar-refractivity contribution in [2.24, 2.45) is 0 Å². The molecular weight excluding hydrogens is 302 g/mol. The third-order valence-corrected chi connectivity index (χ3v) is 3.50. The number of ether oxygens (including phenoxy) is 3. The number of aliphatic hydroxyl groups is 1. The first-order chi connectivity index (χ1) is 10.8. The lowest BCUT2D eigenvalue weighted by Crippen LogP contribution is -2.54. The van der Waals surface area contributed by atoms with Crippen LogP contribution in [0.5, 0.6) is 11.5 Å². The molecule has 0 fully saturated rings. The largest absolute Gasteiger partial charge is 0.490 e. The molecule has 0 aromatic heterocycles. The summed E-state index contributed by atoms with van der Waals surface area (Å²) >= 11 is 0. The van der Waals surface area contributed by atoms with E-state index in [0.717, 1.165) is 0 Å². The molecule has 1 N–H and O–H groups in total. The maximum Gasteiger partial charge on any atom is 0.325 e. The average molecular weight is 323 g/mol. The third-order valence-electron chi connectivity index (χ3n) is 3.50. The molecule has 1 aromatic carbocycles. The first-order valence-electron chi connectivity index (χ1n) is 7.32. The maximum absolute atomic E-state index is 12.6. The van der Waals surface area contributed by atoms with Gasteiger partial charge in [0.1, 0.15) is 6.54 Å². The molecule has 0 radical (unpaired) electrons. The Bertz CT molecular complexity index is 625. The zero-order valence-electron chi connectivity index (χ0n) is 13.7. The van der Waals surface area contributed by atoms with Gasteiger partial charge in [-0.3, -0.25) is 14.5 Å². The number of anilines is 1. The molecule has 0 unspecified atom stereocenters. The van der Waals surface area contributed by atoms with Gasteiger partial charge in [0.25, 0.3) is 5.91 Å². The van der Waals surface area contributed by atoms with Crippen LogP contribution < -0.4 is 14.4 Å². The number of carbonyl (C=O) groups excluding carboxylic acids is 2. The van der Waals surface area contributed by atoms with Crippen LogP contribution in [0.15, 0.2) is 12.1 Å². The van der Waals surface area contributed by atoms with Gasteiger partial charge in [-0.2, -0.15) is 0 Å². The van der Waals surface area contributed by atoms with Gasteiger partial charge in [-0.15, -0.1) is 0 Å². The molecule has 0 bridgehead atoms. The minimum absolute atomic E-state index is 0.225. The molecule has 1 amide bonds. The minimum atomic E-state index is -1.15. The summed E-state index contributed by atoms with van der Waals surface area (Å²) in [5.41, 5.74) is -0.207. The SMILES string of the molecule is CCOc1cc(CO)cc2c1OC(C)(C)C(=O)N2CC(=O)OC. The quantitative estimate of drug-likeness (QED) is 0.821. The van der Waals surface area contributed by atoms with E-state index in [2.05, 4.69) is 4.74 Å². The van der Waals surface area contributed by atoms with E-state index in [9.17, 15) is 14.7 Å². The molecule has 0 atom stereocenters. The summed E-state index contributed by atoms with van der Waals surface area (Å²) in [6.07, 6.45) is 0. The highest BCUT2D eigenvalue weighted by atomic mass is 16.5. The van der Waals surface area contributed by atoms with Gasteiger partial charge in [0.05, 0.1) is 26.0 Å². The Morgan fingerprint density at radius 2 is 2.09 bits per heavy atom. The van der Waals surface area contributed by atoms with Crippen LogP contribution in [0.4, 0.5) is 5.69 Å². The molecule has 7 heteroatoms. The molecule has 0 saturated heterocycles. The Labute approximate surface area is 134 Å². The van der Waals surface area contributed by atoms with Crippen molar-refractivity contribution in [2.45, 2.75) is 33.0 Å². The second-order valence-corrected chi connectivity index (χ2v) is 5.61. The monoisotopic (exact) mass is 323 g/mol. The van der Waals surface area contributed by atoms with Crippen LogP contribution in [0.3, 0.4) is 0 Å². The second-order valence-electron chi connectivity index (χ2n) is 5.61. The van der Waals surface area contributed by atoms with Gasteiger partial charge in [0.2, 0.25) is 0 Å². The van der Waals surface area contributed by atoms with Gasteiger partial charge < -0.3 is 19.3 Å². The van der Waals surface area contributed by atoms with Crippen LogP contribution in [0.1, 0.15) is 26.3 Å². The lowest BCUT2D eigenvalue weighted by Gasteiger charge is -2.39. The first-order valence-corrected chi connectivity index (χ1v) is 7.32. The number of hydrogen-bond donors (Lipinski definition) is 1. The van der Waals surface area contributed by atoms with Crippen molar-refractivity contribution in [3.63, 3.8) is 0 Å². The van der Waals surface area contributed by atoms with Gasteiger partial charge in [-0.25, -0.2) is 0 Å². The number of rotatable bonds is 5. The smallest absolute Gasteiger partial charge is 0.325 e. The maximum atomic E-state index is 12.6. The van der Waals surface area contributed by atoms with E-state index < -0.39 is 11.6 Å². The normalized spacial score (nSPS) is 15.7. The molecule has 0 spiro atoms. The lowest BCUT2D eigenvalue weighted by molar-refractivity contribution is -0.142. The summed E-state index contributed by atoms with van der Waals surface area (Å²) < 4.78 is 16.0. The molecule has 1 aliphatic heterocycles. The third kappa shape index (κ3) is 3.24. The van der Waals surface area contributed by atoms with Gasteiger partial charge in [-0.05, 0) is 38.5 Å². The highest BCUT2D eigenvalue weighted by molar-refractivity contribution is 6.05. The Morgan fingerprint density at radius 3 is 2.65 bits per heavy atom. The summed E-state index contributed by atoms with van der Waals surface area (Å²) in [4.78, 5) is 25.6. The van der Waals surface area contributed by atoms with Crippen molar-refractivity contribution in [2.75, 3.05) is 25.2 Å². The molecule has 126 valence electrons. The molecular formula is C16H21NO6. The summed E-state index contributed by atoms with van der Waals surface area (Å²) in [7, 11) is 1.26. The molecule has 0 saturated carbocycles. The number of hydrogen-bond acceptors (Lipinski definition) is 6. The number of esters is 1. The molecule has 7 nitrogen and oxygen atoms in total. The van der Waals surface area contributed by atoms with Gasteiger partial charge >= 0.3 is 5.97 Å². The van der Waals surface area contributed by atoms with Crippen LogP contribution in [-0.2, 0) is 20.9 Å². The van der Waals surface area contributed by atoms with Gasteiger partial charge in [0.15, 0.2) is 17.1 Å². The number of nitrogens with zero attached hydrogens (tertiary/aromatic N) is 1. The van der Waals surface area contributed by atoms with E-state index in [1.165, 1.54) is 12.0 Å². The minimum Gasteiger partial charge on any atom is -0.490 e. The second kappa shape index (κ2) is 6.45. The van der Waals surface area contributed by atoms with Crippen molar-refractivity contribution in [3.8, 4) is 11.5 Å². The van der Waals surface area contributed by atoms with E-state index in [-0.39, 0.29) is 19.1 Å². The van der Waals surface area contributed by atoms with E-state index in [0.29, 0.717) is 29.4 Å². The number of benzene rings is 1. The molecule has 0 aliphatic carbocycles. The predicted molar refractivity (Wildman–Crippen MR) is 82.6 cm³/mol. The van der Waals surface area contributed by atoms with Crippen molar-refractivity contribution in [3.05, 3.63) is 17.7 Å². The van der Waals surface area contributed by atoms with Crippen molar-refractivity contribution in [1.82, 2.24) is 0 Å². The Hall–Kier alpha value is -2.28. The molecule has 2 rings (SSSR count). The summed E-state index contributed by atoms with van der Waals surface area (Å²) in [5, 5.41) is 9.42. The van der Waals surface area contributed by atoms with E-state index in [4.69, 9.17) is 9.47 Å². The standard InChI is InChI=1S/C16H21NO6/c1-5-22-12-7-10(9-18)6-11-14(12)23-16(2,3)15(20)17(11)8-13(19)21-4/h6-7,18H,5,8-9H2,1-4H3. The lowest BCUT2D eigenvalue weighted by atomic mass is 10.0. The van der Waals surface area contributed by atoms with Crippen LogP contribution in [0, 0.1) is 0 Å². The highest BCUT2D eigenvalue weighted by Crippen LogP contribution is 2.45. The van der Waals surface area contributed by atoms with Crippen molar-refractivity contribution in [1.29, 1.82) is 0 Å². The predicted octanol–water partition coefficient (Wildman–Crippen LogP) is 1.25. The van der Waals surface area contributed by atoms with Crippen LogP contribution in [0.2, 0.25) is 0 Å². The van der Waals surface area contributed by atoms with Gasteiger partial charge in [0, 0.05) is 0 Å². The summed E-state index contributed by atoms with van der Waals surface area (Å²) in [5.74, 6) is -0.121. The van der Waals surface area contributed by atoms with E-state index in [1.54, 1.807) is 26.0 Å². The molecule has 1 aromatic rings. The Balaban J connectivity index is 2.60. The van der Waals surface area contributed by atoms with E-state index >= 15 is 0 Å². The summed E-state index contributed by atoms with van der Waals surface area (Å²) in [6.45, 7) is 5.00. The van der Waals surface area contributed by atoms with Crippen molar-refractivity contribution < 1.29 is 28.9 Å². The number of amides is 1. The fourth-order valence-corrected chi connectivity index (χ4v) is 2.38. The van der Waals surface area contributed by atoms with Crippen LogP contribution in [0.25, 0.3) is 0 Å². The number of methoxy groups -OCH3 is 1. The fourth-order valence-electron chi connectivity index (χ4n) is 2.38. The highest BCUT2D eigenvalue weighted by Gasteiger charge is 2.43. The molecule has 1 heterocycles. The number of carbonyl (C=O) groups is 2. The zero-order chi connectivity index (χ0) is 17.2. The Morgan fingerprint density at radius 1 is 1.39 bits per heavy atom.